The van der Waals surface area contributed by atoms with Crippen molar-refractivity contribution in [2.24, 2.45) is 10.9 Å². The van der Waals surface area contributed by atoms with E-state index in [-0.39, 0.29) is 11.8 Å². The molecule has 10 nitrogen and oxygen atoms in total. The summed E-state index contributed by atoms with van der Waals surface area (Å²) < 4.78 is 10.5. The normalized spacial score (nSPS) is 19.6. The fourth-order valence-electron chi connectivity index (χ4n) is 3.45. The second kappa shape index (κ2) is 10.8. The monoisotopic (exact) mass is 419 g/mol. The maximum atomic E-state index is 11.9. The SMILES string of the molecule is CCOC(=O)N1CCN(C(=NCc2ccc([N+](=O)[O-])cc2)NCC2CCOC2)CC1. The highest BCUT2D eigenvalue weighted by atomic mass is 16.6. The topological polar surface area (TPSA) is 110 Å². The molecule has 0 saturated carbocycles. The fourth-order valence-corrected chi connectivity index (χ4v) is 3.45. The number of rotatable bonds is 6. The molecule has 2 heterocycles. The number of piperazine rings is 1. The summed E-state index contributed by atoms with van der Waals surface area (Å²) >= 11 is 0. The molecule has 3 rings (SSSR count). The summed E-state index contributed by atoms with van der Waals surface area (Å²) in [6, 6.07) is 6.43. The lowest BCUT2D eigenvalue weighted by molar-refractivity contribution is -0.384. The minimum Gasteiger partial charge on any atom is -0.450 e. The van der Waals surface area contributed by atoms with Gasteiger partial charge in [-0.1, -0.05) is 12.1 Å². The van der Waals surface area contributed by atoms with Crippen molar-refractivity contribution in [1.29, 1.82) is 0 Å². The van der Waals surface area contributed by atoms with E-state index in [9.17, 15) is 14.9 Å². The number of nitro groups is 1. The molecule has 1 atom stereocenters. The maximum Gasteiger partial charge on any atom is 0.409 e. The van der Waals surface area contributed by atoms with Crippen LogP contribution in [-0.2, 0) is 16.0 Å². The summed E-state index contributed by atoms with van der Waals surface area (Å²) in [6.45, 7) is 7.36. The van der Waals surface area contributed by atoms with Gasteiger partial charge in [0, 0.05) is 57.4 Å². The van der Waals surface area contributed by atoms with Gasteiger partial charge in [0.25, 0.3) is 5.69 Å². The highest BCUT2D eigenvalue weighted by Gasteiger charge is 2.25. The van der Waals surface area contributed by atoms with Crippen LogP contribution in [-0.4, -0.2) is 79.3 Å². The van der Waals surface area contributed by atoms with Crippen molar-refractivity contribution in [1.82, 2.24) is 15.1 Å². The molecular formula is C20H29N5O5. The predicted molar refractivity (Wildman–Crippen MR) is 111 cm³/mol. The minimum atomic E-state index is -0.410. The third-order valence-electron chi connectivity index (χ3n) is 5.24. The molecule has 0 aromatic heterocycles. The van der Waals surface area contributed by atoms with Gasteiger partial charge in [0.2, 0.25) is 0 Å². The molecule has 2 fully saturated rings. The van der Waals surface area contributed by atoms with Crippen molar-refractivity contribution in [3.8, 4) is 0 Å². The lowest BCUT2D eigenvalue weighted by atomic mass is 10.1. The standard InChI is InChI=1S/C20H29N5O5/c1-2-30-20(26)24-10-8-23(9-11-24)19(22-14-17-7-12-29-15-17)21-13-16-3-5-18(6-4-16)25(27)28/h3-6,17H,2,7-15H2,1H3,(H,21,22). The third kappa shape index (κ3) is 6.06. The molecule has 30 heavy (non-hydrogen) atoms. The molecule has 164 valence electrons. The molecule has 0 bridgehead atoms. The molecular weight excluding hydrogens is 390 g/mol. The van der Waals surface area contributed by atoms with E-state index in [1.54, 1.807) is 24.0 Å². The summed E-state index contributed by atoms with van der Waals surface area (Å²) in [6.07, 6.45) is 0.747. The average molecular weight is 419 g/mol. The average Bonchev–Trinajstić information content (AvgIpc) is 3.28. The first kappa shape index (κ1) is 21.8. The number of nitro benzene ring substituents is 1. The zero-order valence-corrected chi connectivity index (χ0v) is 17.3. The van der Waals surface area contributed by atoms with E-state index in [0.29, 0.717) is 45.2 Å². The molecule has 0 spiro atoms. The second-order valence-electron chi connectivity index (χ2n) is 7.35. The number of aliphatic imine (C=N–C) groups is 1. The van der Waals surface area contributed by atoms with Crippen LogP contribution in [0.3, 0.4) is 0 Å². The number of carbonyl (C=O) groups excluding carboxylic acids is 1. The summed E-state index contributed by atoms with van der Waals surface area (Å²) in [5.74, 6) is 1.24. The zero-order valence-electron chi connectivity index (χ0n) is 17.3. The maximum absolute atomic E-state index is 11.9. The van der Waals surface area contributed by atoms with E-state index >= 15 is 0 Å². The van der Waals surface area contributed by atoms with Crippen molar-refractivity contribution in [3.05, 3.63) is 39.9 Å². The van der Waals surface area contributed by atoms with Gasteiger partial charge in [0.05, 0.1) is 24.7 Å². The Morgan fingerprint density at radius 1 is 1.27 bits per heavy atom. The highest BCUT2D eigenvalue weighted by Crippen LogP contribution is 2.14. The number of ether oxygens (including phenoxy) is 2. The lowest BCUT2D eigenvalue weighted by Crippen LogP contribution is -2.54. The first-order chi connectivity index (χ1) is 14.6. The first-order valence-corrected chi connectivity index (χ1v) is 10.3. The number of benzene rings is 1. The van der Waals surface area contributed by atoms with Gasteiger partial charge in [0.1, 0.15) is 0 Å². The molecule has 1 unspecified atom stereocenters. The highest BCUT2D eigenvalue weighted by molar-refractivity contribution is 5.80. The summed E-state index contributed by atoms with van der Waals surface area (Å²) in [7, 11) is 0. The van der Waals surface area contributed by atoms with Crippen LogP contribution in [0.15, 0.2) is 29.3 Å². The Morgan fingerprint density at radius 3 is 2.57 bits per heavy atom. The molecule has 1 amide bonds. The Labute approximate surface area is 176 Å². The van der Waals surface area contributed by atoms with Crippen LogP contribution in [0.5, 0.6) is 0 Å². The van der Waals surface area contributed by atoms with Crippen LogP contribution in [0.25, 0.3) is 0 Å². The summed E-state index contributed by atoms with van der Waals surface area (Å²) in [5.41, 5.74) is 0.964. The largest absolute Gasteiger partial charge is 0.450 e. The van der Waals surface area contributed by atoms with E-state index in [0.717, 1.165) is 37.7 Å². The molecule has 0 radical (unpaired) electrons. The summed E-state index contributed by atoms with van der Waals surface area (Å²) in [5, 5.41) is 14.3. The number of hydrogen-bond acceptors (Lipinski definition) is 6. The van der Waals surface area contributed by atoms with Crippen molar-refractivity contribution in [2.45, 2.75) is 19.9 Å². The number of amides is 1. The number of nitrogens with zero attached hydrogens (tertiary/aromatic N) is 4. The molecule has 2 saturated heterocycles. The number of guanidine groups is 1. The van der Waals surface area contributed by atoms with Gasteiger partial charge in [-0.05, 0) is 18.9 Å². The van der Waals surface area contributed by atoms with Gasteiger partial charge in [-0.3, -0.25) is 10.1 Å². The number of carbonyl (C=O) groups is 1. The molecule has 0 aliphatic carbocycles. The Morgan fingerprint density at radius 2 is 1.97 bits per heavy atom. The number of nitrogens with one attached hydrogen (secondary N) is 1. The van der Waals surface area contributed by atoms with Crippen LogP contribution in [0.4, 0.5) is 10.5 Å². The van der Waals surface area contributed by atoms with Crippen LogP contribution in [0.1, 0.15) is 18.9 Å². The number of non-ortho nitro benzene ring substituents is 1. The first-order valence-electron chi connectivity index (χ1n) is 10.3. The smallest absolute Gasteiger partial charge is 0.409 e. The van der Waals surface area contributed by atoms with Crippen LogP contribution in [0, 0.1) is 16.0 Å². The van der Waals surface area contributed by atoms with Crippen molar-refractivity contribution >= 4 is 17.7 Å². The Hall–Kier alpha value is -2.88. The van der Waals surface area contributed by atoms with Crippen LogP contribution in [0.2, 0.25) is 0 Å². The predicted octanol–water partition coefficient (Wildman–Crippen LogP) is 1.85. The molecule has 10 heteroatoms. The van der Waals surface area contributed by atoms with Crippen LogP contribution >= 0.6 is 0 Å². The van der Waals surface area contributed by atoms with Gasteiger partial charge in [-0.25, -0.2) is 9.79 Å². The zero-order chi connectivity index (χ0) is 21.3. The van der Waals surface area contributed by atoms with E-state index < -0.39 is 4.92 Å². The summed E-state index contributed by atoms with van der Waals surface area (Å²) in [4.78, 5) is 30.9. The quantitative estimate of drug-likeness (QED) is 0.324. The Bertz CT molecular complexity index is 740. The third-order valence-corrected chi connectivity index (χ3v) is 5.24. The van der Waals surface area contributed by atoms with Gasteiger partial charge >= 0.3 is 6.09 Å². The van der Waals surface area contributed by atoms with Gasteiger partial charge in [0.15, 0.2) is 5.96 Å². The fraction of sp³-hybridized carbons (Fsp3) is 0.600. The molecule has 2 aliphatic rings. The van der Waals surface area contributed by atoms with Crippen molar-refractivity contribution in [3.63, 3.8) is 0 Å². The molecule has 2 aliphatic heterocycles. The van der Waals surface area contributed by atoms with Gasteiger partial charge in [-0.15, -0.1) is 0 Å². The Balaban J connectivity index is 1.63. The van der Waals surface area contributed by atoms with Gasteiger partial charge in [-0.2, -0.15) is 0 Å². The van der Waals surface area contributed by atoms with Crippen molar-refractivity contribution in [2.75, 3.05) is 52.5 Å². The number of hydrogen-bond donors (Lipinski definition) is 1. The second-order valence-corrected chi connectivity index (χ2v) is 7.35. The minimum absolute atomic E-state index is 0.0670. The van der Waals surface area contributed by atoms with E-state index in [4.69, 9.17) is 14.5 Å². The van der Waals surface area contributed by atoms with E-state index in [2.05, 4.69) is 10.2 Å². The lowest BCUT2D eigenvalue weighted by Gasteiger charge is -2.36. The molecule has 1 aromatic carbocycles. The molecule has 1 N–H and O–H groups in total. The van der Waals surface area contributed by atoms with Crippen LogP contribution < -0.4 is 5.32 Å². The van der Waals surface area contributed by atoms with Gasteiger partial charge < -0.3 is 24.6 Å². The van der Waals surface area contributed by atoms with E-state index in [1.165, 1.54) is 12.1 Å². The van der Waals surface area contributed by atoms with Crippen molar-refractivity contribution < 1.29 is 19.2 Å². The Kier molecular flexibility index (Phi) is 7.83. The van der Waals surface area contributed by atoms with E-state index in [1.807, 2.05) is 0 Å². The molecule has 1 aromatic rings.